The topological polar surface area (TPSA) is 110 Å². The summed E-state index contributed by atoms with van der Waals surface area (Å²) in [7, 11) is 1.76. The largest absolute Gasteiger partial charge is 0.370 e. The highest BCUT2D eigenvalue weighted by atomic mass is 19.1. The van der Waals surface area contributed by atoms with Crippen LogP contribution in [0.5, 0.6) is 0 Å². The Balaban J connectivity index is 1.63. The van der Waals surface area contributed by atoms with Crippen molar-refractivity contribution < 1.29 is 18.8 Å². The number of fused-ring (bicyclic) bond motifs is 1. The van der Waals surface area contributed by atoms with Crippen LogP contribution in [0.4, 0.5) is 16.0 Å². The van der Waals surface area contributed by atoms with E-state index in [0.717, 1.165) is 25.7 Å². The Morgan fingerprint density at radius 3 is 2.50 bits per heavy atom. The molecule has 4 rings (SSSR count). The van der Waals surface area contributed by atoms with Crippen LogP contribution in [0, 0.1) is 11.7 Å². The molecule has 34 heavy (non-hydrogen) atoms. The Labute approximate surface area is 196 Å². The predicted molar refractivity (Wildman–Crippen MR) is 128 cm³/mol. The third kappa shape index (κ3) is 5.08. The summed E-state index contributed by atoms with van der Waals surface area (Å²) in [6, 6.07) is 10.6. The number of imidazole rings is 1. The summed E-state index contributed by atoms with van der Waals surface area (Å²) >= 11 is 0. The lowest BCUT2D eigenvalue weighted by Crippen LogP contribution is -2.33. The van der Waals surface area contributed by atoms with Crippen molar-refractivity contribution in [2.24, 2.45) is 11.7 Å². The second-order valence-corrected chi connectivity index (χ2v) is 8.67. The molecule has 2 aromatic carbocycles. The van der Waals surface area contributed by atoms with Gasteiger partial charge in [0.25, 0.3) is 5.91 Å². The summed E-state index contributed by atoms with van der Waals surface area (Å²) in [5, 5.41) is 2.74. The van der Waals surface area contributed by atoms with Crippen molar-refractivity contribution in [2.45, 2.75) is 45.1 Å². The van der Waals surface area contributed by atoms with Crippen molar-refractivity contribution in [1.29, 1.82) is 0 Å². The number of nitrogens with one attached hydrogen (secondary N) is 1. The summed E-state index contributed by atoms with van der Waals surface area (Å²) in [6.45, 7) is 0.223. The van der Waals surface area contributed by atoms with Crippen LogP contribution in [0.25, 0.3) is 11.0 Å². The number of carbonyl (C=O) groups excluding carboxylic acids is 3. The number of halogens is 1. The average molecular weight is 466 g/mol. The smallest absolute Gasteiger partial charge is 0.257 e. The first-order chi connectivity index (χ1) is 16.3. The van der Waals surface area contributed by atoms with Crippen LogP contribution in [0.15, 0.2) is 42.5 Å². The Morgan fingerprint density at radius 2 is 1.82 bits per heavy atom. The van der Waals surface area contributed by atoms with Gasteiger partial charge in [0.2, 0.25) is 17.8 Å². The molecule has 1 fully saturated rings. The summed E-state index contributed by atoms with van der Waals surface area (Å²) in [6.07, 6.45) is 5.20. The number of aromatic nitrogens is 2. The van der Waals surface area contributed by atoms with Gasteiger partial charge in [0.05, 0.1) is 11.0 Å². The van der Waals surface area contributed by atoms with Gasteiger partial charge >= 0.3 is 0 Å². The fraction of sp³-hybridized carbons (Fsp3) is 0.360. The molecule has 8 nitrogen and oxygen atoms in total. The maximum Gasteiger partial charge on any atom is 0.257 e. The number of primary amides is 1. The van der Waals surface area contributed by atoms with Gasteiger partial charge in [-0.05, 0) is 55.3 Å². The first kappa shape index (κ1) is 23.4. The highest BCUT2D eigenvalue weighted by Gasteiger charge is 2.25. The summed E-state index contributed by atoms with van der Waals surface area (Å²) in [5.74, 6) is -1.01. The van der Waals surface area contributed by atoms with E-state index in [1.165, 1.54) is 30.7 Å². The second-order valence-electron chi connectivity index (χ2n) is 8.67. The van der Waals surface area contributed by atoms with E-state index in [9.17, 15) is 18.8 Å². The van der Waals surface area contributed by atoms with Gasteiger partial charge in [0.1, 0.15) is 5.82 Å². The van der Waals surface area contributed by atoms with Crippen LogP contribution in [0.2, 0.25) is 0 Å². The first-order valence-corrected chi connectivity index (χ1v) is 11.5. The molecule has 178 valence electrons. The van der Waals surface area contributed by atoms with Crippen molar-refractivity contribution in [3.8, 4) is 0 Å². The van der Waals surface area contributed by atoms with Gasteiger partial charge in [0, 0.05) is 37.2 Å². The lowest BCUT2D eigenvalue weighted by atomic mass is 9.88. The zero-order valence-corrected chi connectivity index (χ0v) is 19.1. The standard InChI is InChI=1S/C25H28FN5O3/c1-30(24(34)17-5-3-2-4-6-17)19-11-12-21-20(15-19)28-25(31(21)14-13-22(27)32)29-23(33)16-7-9-18(26)10-8-16/h7-12,15,17H,2-6,13-14H2,1H3,(H2,27,32)(H,28,29,33). The summed E-state index contributed by atoms with van der Waals surface area (Å²) in [5.41, 5.74) is 7.58. The number of benzene rings is 2. The van der Waals surface area contributed by atoms with Gasteiger partial charge in [-0.1, -0.05) is 19.3 Å². The molecule has 1 heterocycles. The van der Waals surface area contributed by atoms with Crippen LogP contribution in [-0.2, 0) is 16.1 Å². The van der Waals surface area contributed by atoms with Crippen molar-refractivity contribution >= 4 is 40.4 Å². The summed E-state index contributed by atoms with van der Waals surface area (Å²) < 4.78 is 14.9. The molecule has 1 aliphatic rings. The molecule has 3 N–H and O–H groups in total. The lowest BCUT2D eigenvalue weighted by molar-refractivity contribution is -0.123. The summed E-state index contributed by atoms with van der Waals surface area (Å²) in [4.78, 5) is 43.3. The third-order valence-corrected chi connectivity index (χ3v) is 6.32. The molecule has 0 unspecified atom stereocenters. The quantitative estimate of drug-likeness (QED) is 0.552. The fourth-order valence-electron chi connectivity index (χ4n) is 4.40. The molecule has 1 saturated carbocycles. The number of amides is 3. The highest BCUT2D eigenvalue weighted by Crippen LogP contribution is 2.29. The van der Waals surface area contributed by atoms with Gasteiger partial charge in [-0.25, -0.2) is 9.37 Å². The highest BCUT2D eigenvalue weighted by molar-refractivity contribution is 6.04. The molecule has 0 atom stereocenters. The fourth-order valence-corrected chi connectivity index (χ4v) is 4.40. The van der Waals surface area contributed by atoms with Crippen molar-refractivity contribution in [2.75, 3.05) is 17.3 Å². The van der Waals surface area contributed by atoms with Crippen LogP contribution < -0.4 is 16.0 Å². The number of rotatable bonds is 7. The number of nitrogens with two attached hydrogens (primary N) is 1. The molecular weight excluding hydrogens is 437 g/mol. The molecule has 1 aliphatic carbocycles. The molecule has 0 bridgehead atoms. The molecule has 0 radical (unpaired) electrons. The van der Waals surface area contributed by atoms with Crippen LogP contribution in [-0.4, -0.2) is 34.3 Å². The lowest BCUT2D eigenvalue weighted by Gasteiger charge is -2.26. The van der Waals surface area contributed by atoms with E-state index in [1.54, 1.807) is 22.6 Å². The number of carbonyl (C=O) groups is 3. The van der Waals surface area contributed by atoms with Gasteiger partial charge in [0.15, 0.2) is 0 Å². The minimum absolute atomic E-state index is 0.0353. The maximum atomic E-state index is 13.2. The minimum Gasteiger partial charge on any atom is -0.370 e. The molecule has 3 aromatic rings. The van der Waals surface area contributed by atoms with Crippen LogP contribution in [0.1, 0.15) is 48.9 Å². The van der Waals surface area contributed by atoms with Crippen molar-refractivity contribution in [1.82, 2.24) is 9.55 Å². The molecule has 1 aromatic heterocycles. The van der Waals surface area contributed by atoms with Crippen LogP contribution in [0.3, 0.4) is 0 Å². The second kappa shape index (κ2) is 10.0. The normalized spacial score (nSPS) is 14.2. The van der Waals surface area contributed by atoms with E-state index in [4.69, 9.17) is 5.73 Å². The van der Waals surface area contributed by atoms with Gasteiger partial charge < -0.3 is 15.2 Å². The van der Waals surface area contributed by atoms with E-state index < -0.39 is 17.6 Å². The van der Waals surface area contributed by atoms with E-state index in [0.29, 0.717) is 16.7 Å². The first-order valence-electron chi connectivity index (χ1n) is 11.5. The molecule has 3 amide bonds. The zero-order valence-electron chi connectivity index (χ0n) is 19.1. The van der Waals surface area contributed by atoms with Gasteiger partial charge in [-0.2, -0.15) is 0 Å². The maximum absolute atomic E-state index is 13.2. The zero-order chi connectivity index (χ0) is 24.2. The van der Waals surface area contributed by atoms with E-state index in [1.807, 2.05) is 12.1 Å². The Hall–Kier alpha value is -3.75. The van der Waals surface area contributed by atoms with E-state index in [-0.39, 0.29) is 36.3 Å². The number of nitrogens with zero attached hydrogens (tertiary/aromatic N) is 3. The molecule has 9 heteroatoms. The average Bonchev–Trinajstić information content (AvgIpc) is 3.18. The monoisotopic (exact) mass is 465 g/mol. The van der Waals surface area contributed by atoms with Gasteiger partial charge in [-0.15, -0.1) is 0 Å². The van der Waals surface area contributed by atoms with Crippen LogP contribution >= 0.6 is 0 Å². The Kier molecular flexibility index (Phi) is 6.90. The minimum atomic E-state index is -0.480. The third-order valence-electron chi connectivity index (χ3n) is 6.32. The SMILES string of the molecule is CN(C(=O)C1CCCCC1)c1ccc2c(c1)nc(NC(=O)c1ccc(F)cc1)n2CCC(N)=O. The number of anilines is 2. The Morgan fingerprint density at radius 1 is 1.12 bits per heavy atom. The van der Waals surface area contributed by atoms with Gasteiger partial charge in [-0.3, -0.25) is 19.7 Å². The molecular formula is C25H28FN5O3. The molecule has 0 aliphatic heterocycles. The van der Waals surface area contributed by atoms with Crippen molar-refractivity contribution in [3.05, 3.63) is 53.8 Å². The number of aryl methyl sites for hydroxylation is 1. The molecule has 0 saturated heterocycles. The van der Waals surface area contributed by atoms with E-state index in [2.05, 4.69) is 10.3 Å². The Bertz CT molecular complexity index is 1220. The van der Waals surface area contributed by atoms with Crippen molar-refractivity contribution in [3.63, 3.8) is 0 Å². The number of hydrogen-bond donors (Lipinski definition) is 2. The predicted octanol–water partition coefficient (Wildman–Crippen LogP) is 3.85. The number of hydrogen-bond acceptors (Lipinski definition) is 4. The molecule has 0 spiro atoms. The van der Waals surface area contributed by atoms with E-state index >= 15 is 0 Å².